The molecule has 0 spiro atoms. The van der Waals surface area contributed by atoms with E-state index in [0.29, 0.717) is 41.7 Å². The highest BCUT2D eigenvalue weighted by Crippen LogP contribution is 2.38. The van der Waals surface area contributed by atoms with E-state index in [1.165, 1.54) is 19.3 Å². The van der Waals surface area contributed by atoms with Gasteiger partial charge >= 0.3 is 0 Å². The number of aryl methyl sites for hydroxylation is 1. The fraction of sp³-hybridized carbons (Fsp3) is 0.120. The van der Waals surface area contributed by atoms with Crippen LogP contribution in [0.25, 0.3) is 6.08 Å². The third-order valence-electron chi connectivity index (χ3n) is 4.68. The van der Waals surface area contributed by atoms with Crippen LogP contribution in [-0.2, 0) is 11.4 Å². The van der Waals surface area contributed by atoms with Crippen LogP contribution in [0.5, 0.6) is 11.5 Å². The normalized spacial score (nSPS) is 11.0. The second kappa shape index (κ2) is 11.6. The van der Waals surface area contributed by atoms with Crippen LogP contribution >= 0.6 is 47.8 Å². The average molecular weight is 653 g/mol. The van der Waals surface area contributed by atoms with Crippen molar-refractivity contribution < 1.29 is 18.7 Å². The molecule has 1 N–H and O–H groups in total. The van der Waals surface area contributed by atoms with Gasteiger partial charge in [-0.05, 0) is 102 Å². The molecule has 0 aliphatic rings. The number of nitriles is 1. The van der Waals surface area contributed by atoms with E-state index >= 15 is 0 Å². The zero-order valence-corrected chi connectivity index (χ0v) is 22.8. The van der Waals surface area contributed by atoms with Crippen molar-refractivity contribution in [1.29, 1.82) is 5.26 Å². The van der Waals surface area contributed by atoms with Crippen molar-refractivity contribution in [3.63, 3.8) is 0 Å². The standard InChI is InChI=1S/C25H18Br3FN2O3/c1-14-7-18(26)23(19(27)8-14)31-25(32)17(12-30)9-15-10-20(28)24(22(11-15)33-2)34-13-16-5-3-4-6-21(16)29/h3-11H,13H2,1-2H3,(H,31,32)/b17-9+. The number of carbonyl (C=O) groups is 1. The molecule has 0 aromatic heterocycles. The van der Waals surface area contributed by atoms with Gasteiger partial charge < -0.3 is 14.8 Å². The minimum Gasteiger partial charge on any atom is -0.493 e. The van der Waals surface area contributed by atoms with Gasteiger partial charge in [0.1, 0.15) is 24.1 Å². The van der Waals surface area contributed by atoms with E-state index in [9.17, 15) is 14.4 Å². The molecule has 5 nitrogen and oxygen atoms in total. The minimum atomic E-state index is -0.567. The molecule has 34 heavy (non-hydrogen) atoms. The lowest BCUT2D eigenvalue weighted by Crippen LogP contribution is -2.14. The minimum absolute atomic E-state index is 0.00295. The van der Waals surface area contributed by atoms with E-state index in [1.807, 2.05) is 25.1 Å². The van der Waals surface area contributed by atoms with Crippen LogP contribution in [0.2, 0.25) is 0 Å². The Morgan fingerprint density at radius 1 is 1.12 bits per heavy atom. The van der Waals surface area contributed by atoms with Crippen molar-refractivity contribution in [1.82, 2.24) is 0 Å². The van der Waals surface area contributed by atoms with Gasteiger partial charge in [0, 0.05) is 14.5 Å². The highest BCUT2D eigenvalue weighted by molar-refractivity contribution is 9.11. The molecule has 3 aromatic carbocycles. The molecule has 3 aromatic rings. The number of halogens is 4. The smallest absolute Gasteiger partial charge is 0.266 e. The summed E-state index contributed by atoms with van der Waals surface area (Å²) in [5.74, 6) is -0.201. The number of amides is 1. The molecular formula is C25H18Br3FN2O3. The fourth-order valence-electron chi connectivity index (χ4n) is 3.04. The number of hydrogen-bond donors (Lipinski definition) is 1. The maximum Gasteiger partial charge on any atom is 0.266 e. The second-order valence-corrected chi connectivity index (χ2v) is 9.70. The van der Waals surface area contributed by atoms with Crippen molar-refractivity contribution in [2.45, 2.75) is 13.5 Å². The van der Waals surface area contributed by atoms with Gasteiger partial charge in [-0.2, -0.15) is 5.26 Å². The lowest BCUT2D eigenvalue weighted by molar-refractivity contribution is -0.112. The Hall–Kier alpha value is -2.67. The Bertz CT molecular complexity index is 1300. The van der Waals surface area contributed by atoms with Crippen molar-refractivity contribution in [2.75, 3.05) is 12.4 Å². The van der Waals surface area contributed by atoms with E-state index in [-0.39, 0.29) is 18.0 Å². The van der Waals surface area contributed by atoms with Gasteiger partial charge in [0.05, 0.1) is 17.3 Å². The third kappa shape index (κ3) is 6.26. The number of benzene rings is 3. The van der Waals surface area contributed by atoms with Gasteiger partial charge in [-0.25, -0.2) is 4.39 Å². The highest BCUT2D eigenvalue weighted by Gasteiger charge is 2.17. The van der Waals surface area contributed by atoms with E-state index < -0.39 is 5.91 Å². The van der Waals surface area contributed by atoms with Crippen molar-refractivity contribution in [3.8, 4) is 17.6 Å². The van der Waals surface area contributed by atoms with Crippen molar-refractivity contribution >= 4 is 65.5 Å². The number of nitrogens with zero attached hydrogens (tertiary/aromatic N) is 1. The molecule has 3 rings (SSSR count). The van der Waals surface area contributed by atoms with Crippen LogP contribution in [0.3, 0.4) is 0 Å². The number of ether oxygens (including phenoxy) is 2. The molecule has 0 unspecified atom stereocenters. The van der Waals surface area contributed by atoms with Crippen LogP contribution < -0.4 is 14.8 Å². The second-order valence-electron chi connectivity index (χ2n) is 7.14. The first-order valence-corrected chi connectivity index (χ1v) is 12.2. The monoisotopic (exact) mass is 650 g/mol. The molecule has 0 radical (unpaired) electrons. The molecule has 0 aliphatic heterocycles. The summed E-state index contributed by atoms with van der Waals surface area (Å²) in [6, 6.07) is 15.3. The molecule has 0 heterocycles. The maximum absolute atomic E-state index is 13.9. The molecule has 9 heteroatoms. The molecule has 0 bridgehead atoms. The van der Waals surface area contributed by atoms with Gasteiger partial charge in [0.25, 0.3) is 5.91 Å². The van der Waals surface area contributed by atoms with E-state index in [1.54, 1.807) is 30.3 Å². The zero-order chi connectivity index (χ0) is 24.8. The Labute approximate surface area is 222 Å². The highest BCUT2D eigenvalue weighted by atomic mass is 79.9. The molecular weight excluding hydrogens is 635 g/mol. The summed E-state index contributed by atoms with van der Waals surface area (Å²) in [6.45, 7) is 1.93. The Kier molecular flexibility index (Phi) is 8.89. The zero-order valence-electron chi connectivity index (χ0n) is 18.1. The largest absolute Gasteiger partial charge is 0.493 e. The van der Waals surface area contributed by atoms with Gasteiger partial charge in [-0.3, -0.25) is 4.79 Å². The topological polar surface area (TPSA) is 71.3 Å². The number of anilines is 1. The first kappa shape index (κ1) is 25.9. The first-order valence-electron chi connectivity index (χ1n) is 9.86. The van der Waals surface area contributed by atoms with E-state index in [2.05, 4.69) is 53.1 Å². The maximum atomic E-state index is 13.9. The predicted octanol–water partition coefficient (Wildman–Crippen LogP) is 7.55. The number of nitrogens with one attached hydrogen (secondary N) is 1. The molecule has 0 aliphatic carbocycles. The number of methoxy groups -OCH3 is 1. The van der Waals surface area contributed by atoms with Gasteiger partial charge in [-0.1, -0.05) is 18.2 Å². The first-order chi connectivity index (χ1) is 16.2. The van der Waals surface area contributed by atoms with Gasteiger partial charge in [0.15, 0.2) is 11.5 Å². The van der Waals surface area contributed by atoms with Crippen LogP contribution in [0.1, 0.15) is 16.7 Å². The summed E-state index contributed by atoms with van der Waals surface area (Å²) >= 11 is 10.3. The van der Waals surface area contributed by atoms with E-state index in [0.717, 1.165) is 5.56 Å². The van der Waals surface area contributed by atoms with E-state index in [4.69, 9.17) is 9.47 Å². The number of hydrogen-bond acceptors (Lipinski definition) is 4. The average Bonchev–Trinajstić information content (AvgIpc) is 2.79. The summed E-state index contributed by atoms with van der Waals surface area (Å²) in [6.07, 6.45) is 1.44. The van der Waals surface area contributed by atoms with Crippen LogP contribution in [0.4, 0.5) is 10.1 Å². The molecule has 0 saturated carbocycles. The fourth-order valence-corrected chi connectivity index (χ4v) is 5.23. The molecule has 0 fully saturated rings. The lowest BCUT2D eigenvalue weighted by Gasteiger charge is -2.14. The molecule has 0 atom stereocenters. The Morgan fingerprint density at radius 3 is 2.41 bits per heavy atom. The third-order valence-corrected chi connectivity index (χ3v) is 6.52. The SMILES string of the molecule is COc1cc(/C=C(\C#N)C(=O)Nc2c(Br)cc(C)cc2Br)cc(Br)c1OCc1ccccc1F. The van der Waals surface area contributed by atoms with Crippen molar-refractivity contribution in [3.05, 3.63) is 90.0 Å². The summed E-state index contributed by atoms with van der Waals surface area (Å²) < 4.78 is 27.0. The molecule has 1 amide bonds. The van der Waals surface area contributed by atoms with Crippen LogP contribution in [0, 0.1) is 24.1 Å². The van der Waals surface area contributed by atoms with Gasteiger partial charge in [-0.15, -0.1) is 0 Å². The number of carbonyl (C=O) groups excluding carboxylic acids is 1. The summed E-state index contributed by atoms with van der Waals surface area (Å²) in [4.78, 5) is 12.8. The van der Waals surface area contributed by atoms with Gasteiger partial charge in [0.2, 0.25) is 0 Å². The summed E-state index contributed by atoms with van der Waals surface area (Å²) in [5, 5.41) is 12.3. The molecule has 0 saturated heterocycles. The quantitative estimate of drug-likeness (QED) is 0.211. The summed E-state index contributed by atoms with van der Waals surface area (Å²) in [5.41, 5.74) is 2.36. The molecule has 174 valence electrons. The Balaban J connectivity index is 1.86. The lowest BCUT2D eigenvalue weighted by atomic mass is 10.1. The number of rotatable bonds is 7. The Morgan fingerprint density at radius 2 is 1.79 bits per heavy atom. The van der Waals surface area contributed by atoms with Crippen LogP contribution in [-0.4, -0.2) is 13.0 Å². The summed E-state index contributed by atoms with van der Waals surface area (Å²) in [7, 11) is 1.47. The predicted molar refractivity (Wildman–Crippen MR) is 140 cm³/mol. The van der Waals surface area contributed by atoms with Crippen LogP contribution in [0.15, 0.2) is 67.5 Å². The van der Waals surface area contributed by atoms with Crippen molar-refractivity contribution in [2.24, 2.45) is 0 Å².